The van der Waals surface area contributed by atoms with Crippen LogP contribution in [0.5, 0.6) is 0 Å². The summed E-state index contributed by atoms with van der Waals surface area (Å²) in [6, 6.07) is 4.42. The van der Waals surface area contributed by atoms with E-state index in [1.165, 1.54) is 0 Å². The van der Waals surface area contributed by atoms with E-state index in [0.717, 1.165) is 50.5 Å². The molecule has 0 saturated carbocycles. The van der Waals surface area contributed by atoms with Gasteiger partial charge in [0.15, 0.2) is 5.96 Å². The Balaban J connectivity index is 0.00000529. The Bertz CT molecular complexity index is 467. The Morgan fingerprint density at radius 1 is 1.33 bits per heavy atom. The van der Waals surface area contributed by atoms with Crippen LogP contribution in [-0.2, 0) is 6.42 Å². The second-order valence-electron chi connectivity index (χ2n) is 5.66. The number of hydrogen-bond acceptors (Lipinski definition) is 3. The van der Waals surface area contributed by atoms with E-state index in [-0.39, 0.29) is 24.0 Å². The van der Waals surface area contributed by atoms with E-state index in [0.29, 0.717) is 11.2 Å². The zero-order chi connectivity index (χ0) is 17.1. The SMILES string of the molecule is CCNC(=NCCN(C)C(C)CC)NCCc1ccc(Cl)nc1.I. The van der Waals surface area contributed by atoms with Gasteiger partial charge in [0.05, 0.1) is 6.54 Å². The molecule has 0 fully saturated rings. The average Bonchev–Trinajstić information content (AvgIpc) is 2.55. The first kappa shape index (κ1) is 23.4. The van der Waals surface area contributed by atoms with E-state index >= 15 is 0 Å². The molecular formula is C17H31ClIN5. The number of rotatable bonds is 9. The molecule has 1 rings (SSSR count). The number of aliphatic imine (C=N–C) groups is 1. The fourth-order valence-electron chi connectivity index (χ4n) is 2.07. The van der Waals surface area contributed by atoms with E-state index in [4.69, 9.17) is 11.6 Å². The van der Waals surface area contributed by atoms with Gasteiger partial charge in [-0.2, -0.15) is 0 Å². The number of nitrogens with one attached hydrogen (secondary N) is 2. The summed E-state index contributed by atoms with van der Waals surface area (Å²) in [4.78, 5) is 11.1. The van der Waals surface area contributed by atoms with Gasteiger partial charge in [0, 0.05) is 31.9 Å². The van der Waals surface area contributed by atoms with Crippen LogP contribution in [0.15, 0.2) is 23.3 Å². The van der Waals surface area contributed by atoms with E-state index in [2.05, 4.69) is 53.3 Å². The van der Waals surface area contributed by atoms with Crippen LogP contribution in [0, 0.1) is 0 Å². The maximum Gasteiger partial charge on any atom is 0.191 e. The van der Waals surface area contributed by atoms with Gasteiger partial charge < -0.3 is 15.5 Å². The molecular weight excluding hydrogens is 437 g/mol. The van der Waals surface area contributed by atoms with Crippen molar-refractivity contribution in [2.45, 2.75) is 39.7 Å². The lowest BCUT2D eigenvalue weighted by Gasteiger charge is -2.22. The molecule has 2 N–H and O–H groups in total. The largest absolute Gasteiger partial charge is 0.357 e. The Labute approximate surface area is 168 Å². The monoisotopic (exact) mass is 467 g/mol. The van der Waals surface area contributed by atoms with Crippen molar-refractivity contribution in [1.29, 1.82) is 0 Å². The summed E-state index contributed by atoms with van der Waals surface area (Å²) in [5, 5.41) is 7.17. The normalized spacial score (nSPS) is 12.7. The number of guanidine groups is 1. The molecule has 0 spiro atoms. The zero-order valence-electron chi connectivity index (χ0n) is 15.2. The first-order valence-corrected chi connectivity index (χ1v) is 8.77. The van der Waals surface area contributed by atoms with Crippen LogP contribution in [0.4, 0.5) is 0 Å². The molecule has 0 amide bonds. The molecule has 0 radical (unpaired) electrons. The lowest BCUT2D eigenvalue weighted by atomic mass is 10.2. The highest BCUT2D eigenvalue weighted by Crippen LogP contribution is 2.05. The van der Waals surface area contributed by atoms with Crippen LogP contribution in [0.25, 0.3) is 0 Å². The van der Waals surface area contributed by atoms with Crippen molar-refractivity contribution in [3.05, 3.63) is 29.0 Å². The summed E-state index contributed by atoms with van der Waals surface area (Å²) in [5.41, 5.74) is 1.16. The summed E-state index contributed by atoms with van der Waals surface area (Å²) in [7, 11) is 2.15. The first-order valence-electron chi connectivity index (χ1n) is 8.39. The van der Waals surface area contributed by atoms with Crippen LogP contribution in [-0.4, -0.2) is 55.1 Å². The molecule has 0 aliphatic rings. The molecule has 7 heteroatoms. The summed E-state index contributed by atoms with van der Waals surface area (Å²) >= 11 is 5.79. The Morgan fingerprint density at radius 3 is 2.67 bits per heavy atom. The minimum Gasteiger partial charge on any atom is -0.357 e. The minimum absolute atomic E-state index is 0. The number of hydrogen-bond donors (Lipinski definition) is 2. The van der Waals surface area contributed by atoms with E-state index < -0.39 is 0 Å². The van der Waals surface area contributed by atoms with E-state index in [9.17, 15) is 0 Å². The molecule has 5 nitrogen and oxygen atoms in total. The molecule has 1 heterocycles. The highest BCUT2D eigenvalue weighted by Gasteiger charge is 2.05. The lowest BCUT2D eigenvalue weighted by Crippen LogP contribution is -2.39. The van der Waals surface area contributed by atoms with Crippen LogP contribution in [0.1, 0.15) is 32.8 Å². The minimum atomic E-state index is 0. The predicted octanol–water partition coefficient (Wildman–Crippen LogP) is 3.18. The molecule has 1 aromatic heterocycles. The summed E-state index contributed by atoms with van der Waals surface area (Å²) in [5.74, 6) is 0.868. The first-order chi connectivity index (χ1) is 11.1. The van der Waals surface area contributed by atoms with Gasteiger partial charge in [-0.25, -0.2) is 4.98 Å². The molecule has 1 unspecified atom stereocenters. The van der Waals surface area contributed by atoms with E-state index in [1.807, 2.05) is 18.3 Å². The third-order valence-corrected chi connectivity index (χ3v) is 4.13. The average molecular weight is 468 g/mol. The maximum atomic E-state index is 5.79. The van der Waals surface area contributed by atoms with Crippen molar-refractivity contribution in [1.82, 2.24) is 20.5 Å². The smallest absolute Gasteiger partial charge is 0.191 e. The standard InChI is InChI=1S/C17H30ClN5.HI/c1-5-14(3)23(4)12-11-21-17(19-6-2)20-10-9-15-7-8-16(18)22-13-15;/h7-8,13-14H,5-6,9-12H2,1-4H3,(H2,19,20,21);1H. The number of halogens is 2. The zero-order valence-corrected chi connectivity index (χ0v) is 18.3. The van der Waals surface area contributed by atoms with Crippen molar-refractivity contribution >= 4 is 41.5 Å². The third kappa shape index (κ3) is 9.64. The molecule has 24 heavy (non-hydrogen) atoms. The van der Waals surface area contributed by atoms with Gasteiger partial charge in [0.1, 0.15) is 5.15 Å². The fraction of sp³-hybridized carbons (Fsp3) is 0.647. The van der Waals surface area contributed by atoms with Gasteiger partial charge in [-0.3, -0.25) is 4.99 Å². The van der Waals surface area contributed by atoms with Crippen molar-refractivity contribution in [3.8, 4) is 0 Å². The molecule has 1 atom stereocenters. The van der Waals surface area contributed by atoms with Crippen molar-refractivity contribution in [3.63, 3.8) is 0 Å². The molecule has 0 aliphatic heterocycles. The van der Waals surface area contributed by atoms with Gasteiger partial charge in [0.25, 0.3) is 0 Å². The second kappa shape index (κ2) is 13.7. The van der Waals surface area contributed by atoms with Crippen LogP contribution < -0.4 is 10.6 Å². The molecule has 0 aromatic carbocycles. The Hall–Kier alpha value is -0.600. The Morgan fingerprint density at radius 2 is 2.08 bits per heavy atom. The maximum absolute atomic E-state index is 5.79. The third-order valence-electron chi connectivity index (χ3n) is 3.90. The molecule has 0 saturated heterocycles. The summed E-state index contributed by atoms with van der Waals surface area (Å²) in [6.07, 6.45) is 3.87. The number of likely N-dealkylation sites (N-methyl/N-ethyl adjacent to an activating group) is 1. The van der Waals surface area contributed by atoms with Gasteiger partial charge in [0.2, 0.25) is 0 Å². The van der Waals surface area contributed by atoms with Crippen molar-refractivity contribution in [2.24, 2.45) is 4.99 Å². The lowest BCUT2D eigenvalue weighted by molar-refractivity contribution is 0.259. The van der Waals surface area contributed by atoms with Gasteiger partial charge in [-0.1, -0.05) is 24.6 Å². The molecule has 0 aliphatic carbocycles. The van der Waals surface area contributed by atoms with Gasteiger partial charge in [-0.15, -0.1) is 24.0 Å². The predicted molar refractivity (Wildman–Crippen MR) is 115 cm³/mol. The van der Waals surface area contributed by atoms with Crippen molar-refractivity contribution in [2.75, 3.05) is 33.2 Å². The number of aromatic nitrogens is 1. The molecule has 1 aromatic rings. The molecule has 138 valence electrons. The topological polar surface area (TPSA) is 52.6 Å². The molecule has 0 bridgehead atoms. The van der Waals surface area contributed by atoms with Crippen LogP contribution in [0.2, 0.25) is 5.15 Å². The van der Waals surface area contributed by atoms with Crippen LogP contribution >= 0.6 is 35.6 Å². The highest BCUT2D eigenvalue weighted by molar-refractivity contribution is 14.0. The summed E-state index contributed by atoms with van der Waals surface area (Å²) < 4.78 is 0. The van der Waals surface area contributed by atoms with Crippen molar-refractivity contribution < 1.29 is 0 Å². The number of pyridine rings is 1. The van der Waals surface area contributed by atoms with Crippen LogP contribution in [0.3, 0.4) is 0 Å². The van der Waals surface area contributed by atoms with E-state index in [1.54, 1.807) is 0 Å². The highest BCUT2D eigenvalue weighted by atomic mass is 127. The van der Waals surface area contributed by atoms with Gasteiger partial charge >= 0.3 is 0 Å². The quantitative estimate of drug-likeness (QED) is 0.253. The van der Waals surface area contributed by atoms with Gasteiger partial charge in [-0.05, 0) is 45.4 Å². The Kier molecular flexibility index (Phi) is 13.3. The number of nitrogens with zero attached hydrogens (tertiary/aromatic N) is 3. The fourth-order valence-corrected chi connectivity index (χ4v) is 2.18. The second-order valence-corrected chi connectivity index (χ2v) is 6.05. The summed E-state index contributed by atoms with van der Waals surface area (Å²) in [6.45, 7) is 9.96.